The van der Waals surface area contributed by atoms with Crippen molar-refractivity contribution in [2.45, 2.75) is 0 Å². The molecule has 0 spiro atoms. The molecule has 0 bridgehead atoms. The number of thiol groups is 3. The molecule has 1 saturated heterocycles. The Balaban J connectivity index is 2.40. The summed E-state index contributed by atoms with van der Waals surface area (Å²) in [5.74, 6) is 2.76. The summed E-state index contributed by atoms with van der Waals surface area (Å²) in [5, 5.41) is 0. The van der Waals surface area contributed by atoms with Crippen LogP contribution in [0.3, 0.4) is 0 Å². The lowest BCUT2D eigenvalue weighted by Gasteiger charge is -2.42. The lowest BCUT2D eigenvalue weighted by atomic mass is 10.4. The van der Waals surface area contributed by atoms with Crippen LogP contribution in [0.25, 0.3) is 0 Å². The van der Waals surface area contributed by atoms with Gasteiger partial charge in [-0.15, -0.1) is 0 Å². The molecule has 6 heteroatoms. The van der Waals surface area contributed by atoms with Crippen molar-refractivity contribution in [2.24, 2.45) is 0 Å². The molecule has 0 aromatic carbocycles. The van der Waals surface area contributed by atoms with E-state index >= 15 is 0 Å². The van der Waals surface area contributed by atoms with Gasteiger partial charge >= 0.3 is 0 Å². The van der Waals surface area contributed by atoms with E-state index < -0.39 is 0 Å². The fraction of sp³-hybridized carbons (Fsp3) is 1.00. The van der Waals surface area contributed by atoms with Gasteiger partial charge < -0.3 is 0 Å². The number of rotatable bonds is 6. The Kier molecular flexibility index (Phi) is 7.54. The van der Waals surface area contributed by atoms with Crippen LogP contribution in [0.15, 0.2) is 0 Å². The molecule has 0 saturated carbocycles. The first kappa shape index (κ1) is 14.0. The summed E-state index contributed by atoms with van der Waals surface area (Å²) in [6.07, 6.45) is 0. The molecule has 0 aliphatic carbocycles. The van der Waals surface area contributed by atoms with Crippen LogP contribution in [0, 0.1) is 0 Å². The van der Waals surface area contributed by atoms with E-state index in [4.69, 9.17) is 0 Å². The van der Waals surface area contributed by atoms with Gasteiger partial charge in [-0.25, -0.2) is 0 Å². The van der Waals surface area contributed by atoms with E-state index in [0.29, 0.717) is 0 Å². The summed E-state index contributed by atoms with van der Waals surface area (Å²) in [4.78, 5) is 7.26. The van der Waals surface area contributed by atoms with Gasteiger partial charge in [0.2, 0.25) is 0 Å². The first-order valence-corrected chi connectivity index (χ1v) is 7.19. The van der Waals surface area contributed by atoms with E-state index in [0.717, 1.165) is 56.9 Å². The second-order valence-electron chi connectivity index (χ2n) is 3.78. The van der Waals surface area contributed by atoms with E-state index in [1.54, 1.807) is 0 Å². The molecular weight excluding hydrogens is 246 g/mol. The molecule has 1 heterocycles. The maximum atomic E-state index is 4.29. The smallest absolute Gasteiger partial charge is 0.0530 e. The van der Waals surface area contributed by atoms with Gasteiger partial charge in [0.15, 0.2) is 0 Å². The minimum Gasteiger partial charge on any atom is -0.277 e. The summed E-state index contributed by atoms with van der Waals surface area (Å²) < 4.78 is 0. The Labute approximate surface area is 109 Å². The third-order valence-corrected chi connectivity index (χ3v) is 3.05. The predicted octanol–water partition coefficient (Wildman–Crippen LogP) is 0.568. The lowest BCUT2D eigenvalue weighted by molar-refractivity contribution is -0.0194. The molecule has 0 radical (unpaired) electrons. The first-order chi connectivity index (χ1) is 7.30. The van der Waals surface area contributed by atoms with E-state index in [1.807, 2.05) is 0 Å². The molecule has 15 heavy (non-hydrogen) atoms. The Morgan fingerprint density at radius 3 is 1.07 bits per heavy atom. The molecule has 0 aromatic heterocycles. The minimum atomic E-state index is 0.920. The van der Waals surface area contributed by atoms with Crippen molar-refractivity contribution in [3.63, 3.8) is 0 Å². The molecule has 0 amide bonds. The average Bonchev–Trinajstić information content (AvgIpc) is 2.19. The zero-order valence-electron chi connectivity index (χ0n) is 9.05. The molecule has 0 atom stereocenters. The fourth-order valence-electron chi connectivity index (χ4n) is 1.83. The molecule has 1 rings (SSSR count). The summed E-state index contributed by atoms with van der Waals surface area (Å²) >= 11 is 12.9. The van der Waals surface area contributed by atoms with Crippen molar-refractivity contribution in [1.29, 1.82) is 0 Å². The highest BCUT2D eigenvalue weighted by Crippen LogP contribution is 2.07. The second-order valence-corrected chi connectivity index (χ2v) is 5.12. The standard InChI is InChI=1S/C9H21N3S3/c13-4-1-10-7-11(2-5-14)9-12(8-10)3-6-15/h13-15H,1-9H2. The van der Waals surface area contributed by atoms with Gasteiger partial charge in [0, 0.05) is 36.9 Å². The van der Waals surface area contributed by atoms with Crippen LogP contribution < -0.4 is 0 Å². The minimum absolute atomic E-state index is 0.920. The van der Waals surface area contributed by atoms with Crippen molar-refractivity contribution in [2.75, 3.05) is 56.9 Å². The van der Waals surface area contributed by atoms with Crippen molar-refractivity contribution >= 4 is 37.9 Å². The fourth-order valence-corrected chi connectivity index (χ4v) is 2.68. The summed E-state index contributed by atoms with van der Waals surface area (Å²) in [7, 11) is 0. The van der Waals surface area contributed by atoms with Crippen LogP contribution in [-0.4, -0.2) is 71.6 Å². The van der Waals surface area contributed by atoms with Crippen molar-refractivity contribution in [3.05, 3.63) is 0 Å². The molecule has 0 unspecified atom stereocenters. The highest BCUT2D eigenvalue weighted by molar-refractivity contribution is 7.80. The monoisotopic (exact) mass is 267 g/mol. The summed E-state index contributed by atoms with van der Waals surface area (Å²) in [6, 6.07) is 0. The van der Waals surface area contributed by atoms with Gasteiger partial charge in [-0.2, -0.15) is 37.9 Å². The highest BCUT2D eigenvalue weighted by Gasteiger charge is 2.21. The van der Waals surface area contributed by atoms with Gasteiger partial charge in [0.1, 0.15) is 0 Å². The molecule has 90 valence electrons. The third kappa shape index (κ3) is 5.19. The lowest BCUT2D eigenvalue weighted by Crippen LogP contribution is -2.55. The van der Waals surface area contributed by atoms with Crippen molar-refractivity contribution in [1.82, 2.24) is 14.7 Å². The third-order valence-electron chi connectivity index (χ3n) is 2.45. The van der Waals surface area contributed by atoms with Crippen LogP contribution in [0.4, 0.5) is 0 Å². The van der Waals surface area contributed by atoms with E-state index in [2.05, 4.69) is 52.6 Å². The van der Waals surface area contributed by atoms with Gasteiger partial charge in [-0.05, 0) is 0 Å². The normalized spacial score (nSPS) is 21.0. The largest absolute Gasteiger partial charge is 0.277 e. The van der Waals surface area contributed by atoms with Gasteiger partial charge in [0.05, 0.1) is 20.0 Å². The molecule has 3 nitrogen and oxygen atoms in total. The van der Waals surface area contributed by atoms with E-state index in [1.165, 1.54) is 0 Å². The number of hydrogen-bond donors (Lipinski definition) is 3. The maximum absolute atomic E-state index is 4.29. The second kappa shape index (κ2) is 8.08. The Morgan fingerprint density at radius 2 is 0.867 bits per heavy atom. The Hall–Kier alpha value is 0.930. The molecule has 0 N–H and O–H groups in total. The Morgan fingerprint density at radius 1 is 0.600 bits per heavy atom. The molecular formula is C9H21N3S3. The summed E-state index contributed by atoms with van der Waals surface area (Å²) in [5.41, 5.74) is 0. The van der Waals surface area contributed by atoms with Crippen molar-refractivity contribution in [3.8, 4) is 0 Å². The molecule has 1 fully saturated rings. The van der Waals surface area contributed by atoms with Gasteiger partial charge in [0.25, 0.3) is 0 Å². The average molecular weight is 267 g/mol. The molecule has 1 aliphatic heterocycles. The Bertz CT molecular complexity index is 136. The highest BCUT2D eigenvalue weighted by atomic mass is 32.1. The zero-order chi connectivity index (χ0) is 11.1. The maximum Gasteiger partial charge on any atom is 0.0530 e. The SMILES string of the molecule is SCCN1CN(CCS)CN(CCS)C1. The molecule has 1 aliphatic rings. The summed E-state index contributed by atoms with van der Waals surface area (Å²) in [6.45, 7) is 6.29. The van der Waals surface area contributed by atoms with E-state index in [9.17, 15) is 0 Å². The topological polar surface area (TPSA) is 9.72 Å². The van der Waals surface area contributed by atoms with E-state index in [-0.39, 0.29) is 0 Å². The van der Waals surface area contributed by atoms with Crippen LogP contribution in [0.5, 0.6) is 0 Å². The van der Waals surface area contributed by atoms with Gasteiger partial charge in [-0.1, -0.05) is 0 Å². The van der Waals surface area contributed by atoms with Gasteiger partial charge in [-0.3, -0.25) is 14.7 Å². The van der Waals surface area contributed by atoms with Crippen LogP contribution >= 0.6 is 37.9 Å². The quantitative estimate of drug-likeness (QED) is 0.608. The zero-order valence-corrected chi connectivity index (χ0v) is 11.7. The molecule has 0 aromatic rings. The predicted molar refractivity (Wildman–Crippen MR) is 76.3 cm³/mol. The number of hydrogen-bond acceptors (Lipinski definition) is 6. The first-order valence-electron chi connectivity index (χ1n) is 5.29. The number of nitrogens with zero attached hydrogens (tertiary/aromatic N) is 3. The van der Waals surface area contributed by atoms with Crippen LogP contribution in [0.1, 0.15) is 0 Å². The van der Waals surface area contributed by atoms with Crippen LogP contribution in [-0.2, 0) is 0 Å². The van der Waals surface area contributed by atoms with Crippen LogP contribution in [0.2, 0.25) is 0 Å². The van der Waals surface area contributed by atoms with Crippen molar-refractivity contribution < 1.29 is 0 Å².